The topological polar surface area (TPSA) is 55.4 Å². The molecule has 0 heterocycles. The Kier molecular flexibility index (Phi) is 8.69. The van der Waals surface area contributed by atoms with Gasteiger partial charge in [-0.05, 0) is 12.1 Å². The largest absolute Gasteiger partial charge is 0.460 e. The Bertz CT molecular complexity index is 1120. The average molecular weight is 585 g/mol. The molecule has 0 aliphatic heterocycles. The molecule has 0 aromatic heterocycles. The molecule has 19 heteroatoms. The third-order valence-corrected chi connectivity index (χ3v) is 4.36. The van der Waals surface area contributed by atoms with Crippen molar-refractivity contribution in [1.82, 2.24) is 0 Å². The molecule has 1 N–H and O–H groups in total. The number of alkyl halides is 15. The Balaban J connectivity index is 3.46. The SMILES string of the molecule is CC(=O)OCC#Cc1ccccc1NC(=O)C(F)(F)C(F)(F)C(F)(F)C(F)(F)C(F)(F)C(F)(F)C(F)(F)F. The number of ether oxygens (including phenoxy) is 1. The number of halogens is 15. The van der Waals surface area contributed by atoms with Crippen LogP contribution in [0.1, 0.15) is 12.5 Å². The zero-order valence-electron chi connectivity index (χ0n) is 17.9. The Morgan fingerprint density at radius 2 is 1.18 bits per heavy atom. The molecule has 1 rings (SSSR count). The summed E-state index contributed by atoms with van der Waals surface area (Å²) in [5.41, 5.74) is -1.58. The molecule has 0 radical (unpaired) electrons. The first kappa shape index (κ1) is 32.7. The summed E-state index contributed by atoms with van der Waals surface area (Å²) in [5, 5.41) is 0.850. The van der Waals surface area contributed by atoms with E-state index in [9.17, 15) is 75.4 Å². The molecule has 0 saturated carbocycles. The van der Waals surface area contributed by atoms with Crippen molar-refractivity contribution >= 4 is 17.6 Å². The van der Waals surface area contributed by atoms with Crippen molar-refractivity contribution in [3.8, 4) is 11.8 Å². The molecule has 0 aliphatic carbocycles. The summed E-state index contributed by atoms with van der Waals surface area (Å²) in [6.07, 6.45) is -7.73. The average Bonchev–Trinajstić information content (AvgIpc) is 2.75. The molecular weight excluding hydrogens is 575 g/mol. The summed E-state index contributed by atoms with van der Waals surface area (Å²) in [7, 11) is 0. The Morgan fingerprint density at radius 3 is 1.66 bits per heavy atom. The minimum Gasteiger partial charge on any atom is -0.453 e. The zero-order valence-corrected chi connectivity index (χ0v) is 17.9. The zero-order chi connectivity index (χ0) is 30.2. The van der Waals surface area contributed by atoms with Crippen LogP contribution in [0.5, 0.6) is 0 Å². The first-order chi connectivity index (χ1) is 16.8. The number of nitrogens with one attached hydrogen (secondary N) is 1. The fraction of sp³-hybridized carbons (Fsp3) is 0.474. The maximum absolute atomic E-state index is 14.0. The van der Waals surface area contributed by atoms with Crippen molar-refractivity contribution in [2.24, 2.45) is 0 Å². The second-order valence-corrected chi connectivity index (χ2v) is 7.03. The number of hydrogen-bond acceptors (Lipinski definition) is 3. The number of esters is 1. The van der Waals surface area contributed by atoms with Crippen LogP contribution in [0.15, 0.2) is 24.3 Å². The fourth-order valence-electron chi connectivity index (χ4n) is 2.28. The van der Waals surface area contributed by atoms with Crippen molar-refractivity contribution in [3.05, 3.63) is 29.8 Å². The van der Waals surface area contributed by atoms with Gasteiger partial charge in [0.15, 0.2) is 6.61 Å². The van der Waals surface area contributed by atoms with Crippen LogP contribution in [-0.4, -0.2) is 60.2 Å². The summed E-state index contributed by atoms with van der Waals surface area (Å²) in [4.78, 5) is 22.3. The van der Waals surface area contributed by atoms with Crippen LogP contribution in [0.2, 0.25) is 0 Å². The van der Waals surface area contributed by atoms with Gasteiger partial charge in [0.25, 0.3) is 0 Å². The lowest BCUT2D eigenvalue weighted by molar-refractivity contribution is -0.449. The van der Waals surface area contributed by atoms with Gasteiger partial charge in [0.05, 0.1) is 5.69 Å². The minimum absolute atomic E-state index is 0.569. The van der Waals surface area contributed by atoms with Gasteiger partial charge in [-0.1, -0.05) is 24.0 Å². The molecule has 0 atom stereocenters. The number of anilines is 1. The predicted octanol–water partition coefficient (Wildman–Crippen LogP) is 5.91. The molecule has 1 aromatic carbocycles. The highest BCUT2D eigenvalue weighted by Gasteiger charge is 2.94. The van der Waals surface area contributed by atoms with E-state index in [1.165, 1.54) is 0 Å². The predicted molar refractivity (Wildman–Crippen MR) is 94.3 cm³/mol. The molecule has 38 heavy (non-hydrogen) atoms. The minimum atomic E-state index is -8.51. The van der Waals surface area contributed by atoms with Crippen LogP contribution in [0.25, 0.3) is 0 Å². The van der Waals surface area contributed by atoms with Crippen molar-refractivity contribution in [2.45, 2.75) is 48.6 Å². The van der Waals surface area contributed by atoms with Crippen molar-refractivity contribution in [2.75, 3.05) is 11.9 Å². The van der Waals surface area contributed by atoms with E-state index in [1.807, 2.05) is 5.92 Å². The van der Waals surface area contributed by atoms with Crippen LogP contribution in [0.4, 0.5) is 71.5 Å². The first-order valence-electron chi connectivity index (χ1n) is 9.17. The van der Waals surface area contributed by atoms with Crippen LogP contribution in [0.3, 0.4) is 0 Å². The van der Waals surface area contributed by atoms with Gasteiger partial charge in [-0.3, -0.25) is 9.59 Å². The molecule has 0 aliphatic rings. The van der Waals surface area contributed by atoms with E-state index in [0.29, 0.717) is 6.07 Å². The molecule has 0 unspecified atom stereocenters. The summed E-state index contributed by atoms with van der Waals surface area (Å²) in [6.45, 7) is 0.293. The Hall–Kier alpha value is -3.33. The van der Waals surface area contributed by atoms with Gasteiger partial charge in [-0.15, -0.1) is 0 Å². The second-order valence-electron chi connectivity index (χ2n) is 7.03. The summed E-state index contributed by atoms with van der Waals surface area (Å²) in [5.74, 6) is -48.9. The molecule has 1 amide bonds. The van der Waals surface area contributed by atoms with E-state index in [-0.39, 0.29) is 0 Å². The van der Waals surface area contributed by atoms with Crippen LogP contribution >= 0.6 is 0 Å². The second kappa shape index (κ2) is 10.1. The van der Waals surface area contributed by atoms with Gasteiger partial charge in [-0.2, -0.15) is 65.9 Å². The van der Waals surface area contributed by atoms with E-state index >= 15 is 0 Å². The maximum atomic E-state index is 14.0. The number of hydrogen-bond donors (Lipinski definition) is 1. The lowest BCUT2D eigenvalue weighted by Gasteiger charge is -2.41. The van der Waals surface area contributed by atoms with Crippen molar-refractivity contribution in [1.29, 1.82) is 0 Å². The molecule has 0 fully saturated rings. The highest BCUT2D eigenvalue weighted by Crippen LogP contribution is 2.62. The van der Waals surface area contributed by atoms with Gasteiger partial charge in [0.2, 0.25) is 0 Å². The standard InChI is InChI=1S/C19H10F15NO3/c1-9(36)38-8-4-6-10-5-2-3-7-11(10)35-12(37)13(20,21)14(22,23)15(24,25)16(26,27)17(28,29)18(30,31)19(32,33)34/h2-3,5,7H,8H2,1H3,(H,35,37). The quantitative estimate of drug-likeness (QED) is 0.235. The summed E-state index contributed by atoms with van der Waals surface area (Å²) in [6, 6.07) is 3.45. The van der Waals surface area contributed by atoms with E-state index in [4.69, 9.17) is 0 Å². The van der Waals surface area contributed by atoms with Gasteiger partial charge < -0.3 is 10.1 Å². The van der Waals surface area contributed by atoms with Gasteiger partial charge in [0.1, 0.15) is 0 Å². The number of amides is 1. The Labute approximate surface area is 201 Å². The number of rotatable bonds is 8. The molecule has 1 aromatic rings. The number of carbonyl (C=O) groups excluding carboxylic acids is 2. The normalized spacial score (nSPS) is 13.9. The molecular formula is C19H10F15NO3. The van der Waals surface area contributed by atoms with Crippen LogP contribution < -0.4 is 5.32 Å². The molecule has 0 saturated heterocycles. The number of para-hydroxylation sites is 1. The van der Waals surface area contributed by atoms with Crippen molar-refractivity contribution < 1.29 is 80.2 Å². The van der Waals surface area contributed by atoms with Crippen molar-refractivity contribution in [3.63, 3.8) is 0 Å². The van der Waals surface area contributed by atoms with Gasteiger partial charge in [-0.25, -0.2) is 0 Å². The van der Waals surface area contributed by atoms with Gasteiger partial charge in [0, 0.05) is 12.5 Å². The highest BCUT2D eigenvalue weighted by molar-refractivity contribution is 5.98. The summed E-state index contributed by atoms with van der Waals surface area (Å²) < 4.78 is 203. The van der Waals surface area contributed by atoms with E-state index in [2.05, 4.69) is 10.7 Å². The number of benzene rings is 1. The monoisotopic (exact) mass is 585 g/mol. The lowest BCUT2D eigenvalue weighted by atomic mass is 9.90. The van der Waals surface area contributed by atoms with E-state index in [0.717, 1.165) is 30.4 Å². The van der Waals surface area contributed by atoms with E-state index in [1.54, 1.807) is 0 Å². The maximum Gasteiger partial charge on any atom is 0.460 e. The first-order valence-corrected chi connectivity index (χ1v) is 9.17. The third kappa shape index (κ3) is 5.29. The third-order valence-electron chi connectivity index (χ3n) is 4.36. The molecule has 214 valence electrons. The fourth-order valence-corrected chi connectivity index (χ4v) is 2.28. The highest BCUT2D eigenvalue weighted by atomic mass is 19.4. The van der Waals surface area contributed by atoms with Gasteiger partial charge >= 0.3 is 53.6 Å². The summed E-state index contributed by atoms with van der Waals surface area (Å²) >= 11 is 0. The van der Waals surface area contributed by atoms with E-state index < -0.39 is 71.4 Å². The molecule has 0 bridgehead atoms. The van der Waals surface area contributed by atoms with Crippen LogP contribution in [0, 0.1) is 11.8 Å². The number of carbonyl (C=O) groups is 2. The smallest absolute Gasteiger partial charge is 0.453 e. The molecule has 0 spiro atoms. The Morgan fingerprint density at radius 1 is 0.737 bits per heavy atom. The molecule has 4 nitrogen and oxygen atoms in total. The lowest BCUT2D eigenvalue weighted by Crippen LogP contribution is -2.73. The van der Waals surface area contributed by atoms with Crippen LogP contribution in [-0.2, 0) is 14.3 Å².